The summed E-state index contributed by atoms with van der Waals surface area (Å²) in [6, 6.07) is 15.7. The van der Waals surface area contributed by atoms with E-state index in [2.05, 4.69) is 9.88 Å². The van der Waals surface area contributed by atoms with Gasteiger partial charge in [-0.2, -0.15) is 0 Å². The fourth-order valence-corrected chi connectivity index (χ4v) is 3.95. The zero-order valence-electron chi connectivity index (χ0n) is 15.8. The lowest BCUT2D eigenvalue weighted by Crippen LogP contribution is -2.29. The highest BCUT2D eigenvalue weighted by Gasteiger charge is 2.29. The number of para-hydroxylation sites is 2. The minimum absolute atomic E-state index is 0.0284. The molecule has 3 aromatic rings. The van der Waals surface area contributed by atoms with Gasteiger partial charge in [0.25, 0.3) is 0 Å². The molecule has 2 aromatic carbocycles. The molecule has 0 aliphatic heterocycles. The van der Waals surface area contributed by atoms with Gasteiger partial charge < -0.3 is 15.0 Å². The molecule has 4 rings (SSSR count). The number of aliphatic carboxylic acids is 1. The molecule has 1 fully saturated rings. The number of hydrogen-bond acceptors (Lipinski definition) is 3. The van der Waals surface area contributed by atoms with Crippen molar-refractivity contribution in [2.45, 2.75) is 25.7 Å². The maximum atomic E-state index is 12.5. The van der Waals surface area contributed by atoms with Crippen LogP contribution in [0.15, 0.2) is 48.5 Å². The molecule has 0 bridgehead atoms. The van der Waals surface area contributed by atoms with Crippen molar-refractivity contribution in [3.63, 3.8) is 0 Å². The van der Waals surface area contributed by atoms with E-state index < -0.39 is 5.97 Å². The predicted molar refractivity (Wildman–Crippen MR) is 108 cm³/mol. The van der Waals surface area contributed by atoms with Crippen LogP contribution in [0.4, 0.5) is 5.69 Å². The number of hydrogen-bond donors (Lipinski definition) is 2. The van der Waals surface area contributed by atoms with Crippen molar-refractivity contribution in [2.75, 3.05) is 5.32 Å². The van der Waals surface area contributed by atoms with E-state index in [9.17, 15) is 9.59 Å². The monoisotopic (exact) mass is 377 g/mol. The molecule has 0 unspecified atom stereocenters. The third-order valence-electron chi connectivity index (χ3n) is 5.64. The highest BCUT2D eigenvalue weighted by Crippen LogP contribution is 2.30. The van der Waals surface area contributed by atoms with E-state index in [-0.39, 0.29) is 17.7 Å². The van der Waals surface area contributed by atoms with Gasteiger partial charge in [0.05, 0.1) is 17.0 Å². The predicted octanol–water partition coefficient (Wildman–Crippen LogP) is 4.07. The lowest BCUT2D eigenvalue weighted by molar-refractivity contribution is -0.143. The molecule has 1 aliphatic carbocycles. The summed E-state index contributed by atoms with van der Waals surface area (Å²) in [6.07, 6.45) is 2.39. The van der Waals surface area contributed by atoms with Crippen molar-refractivity contribution >= 4 is 28.6 Å². The number of amides is 1. The van der Waals surface area contributed by atoms with E-state index in [1.54, 1.807) is 0 Å². The Morgan fingerprint density at radius 2 is 1.64 bits per heavy atom. The van der Waals surface area contributed by atoms with Gasteiger partial charge in [-0.25, -0.2) is 4.98 Å². The van der Waals surface area contributed by atoms with E-state index in [4.69, 9.17) is 10.1 Å². The molecule has 0 spiro atoms. The number of anilines is 1. The first-order valence-electron chi connectivity index (χ1n) is 9.58. The van der Waals surface area contributed by atoms with E-state index in [0.717, 1.165) is 28.1 Å². The number of aromatic nitrogens is 2. The number of carboxylic acid groups (broad SMARTS) is 1. The molecule has 0 radical (unpaired) electrons. The van der Waals surface area contributed by atoms with E-state index in [1.165, 1.54) is 0 Å². The number of nitrogens with one attached hydrogen (secondary N) is 1. The summed E-state index contributed by atoms with van der Waals surface area (Å²) in [5.41, 5.74) is 3.76. The number of benzene rings is 2. The number of rotatable bonds is 4. The average Bonchev–Trinajstić information content (AvgIpc) is 3.05. The molecule has 6 heteroatoms. The van der Waals surface area contributed by atoms with Crippen LogP contribution in [0.1, 0.15) is 25.7 Å². The first-order valence-corrected chi connectivity index (χ1v) is 9.58. The van der Waals surface area contributed by atoms with Gasteiger partial charge in [0.15, 0.2) is 0 Å². The fraction of sp³-hybridized carbons (Fsp3) is 0.318. The molecule has 1 aromatic heterocycles. The van der Waals surface area contributed by atoms with E-state index in [0.29, 0.717) is 25.7 Å². The maximum Gasteiger partial charge on any atom is 0.306 e. The van der Waals surface area contributed by atoms with Gasteiger partial charge in [-0.1, -0.05) is 12.1 Å². The van der Waals surface area contributed by atoms with Crippen molar-refractivity contribution in [3.8, 4) is 11.4 Å². The highest BCUT2D eigenvalue weighted by molar-refractivity contribution is 5.93. The number of fused-ring (bicyclic) bond motifs is 1. The average molecular weight is 377 g/mol. The molecular weight excluding hydrogens is 354 g/mol. The van der Waals surface area contributed by atoms with E-state index >= 15 is 0 Å². The Morgan fingerprint density at radius 1 is 1.00 bits per heavy atom. The van der Waals surface area contributed by atoms with Crippen molar-refractivity contribution in [3.05, 3.63) is 48.5 Å². The largest absolute Gasteiger partial charge is 0.481 e. The van der Waals surface area contributed by atoms with Crippen LogP contribution < -0.4 is 5.32 Å². The van der Waals surface area contributed by atoms with Crippen molar-refractivity contribution in [1.82, 2.24) is 9.55 Å². The van der Waals surface area contributed by atoms with Gasteiger partial charge in [-0.05, 0) is 62.1 Å². The summed E-state index contributed by atoms with van der Waals surface area (Å²) in [4.78, 5) is 28.2. The summed E-state index contributed by atoms with van der Waals surface area (Å²) in [6.45, 7) is 0. The molecular formula is C22H23N3O3. The summed E-state index contributed by atoms with van der Waals surface area (Å²) >= 11 is 0. The van der Waals surface area contributed by atoms with Gasteiger partial charge in [0, 0.05) is 24.2 Å². The molecule has 0 saturated heterocycles. The van der Waals surface area contributed by atoms with Crippen LogP contribution >= 0.6 is 0 Å². The van der Waals surface area contributed by atoms with Gasteiger partial charge >= 0.3 is 5.97 Å². The minimum atomic E-state index is -0.753. The summed E-state index contributed by atoms with van der Waals surface area (Å²) in [7, 11) is 1.99. The highest BCUT2D eigenvalue weighted by atomic mass is 16.4. The number of carboxylic acids is 1. The second-order valence-corrected chi connectivity index (χ2v) is 7.44. The van der Waals surface area contributed by atoms with E-state index in [1.807, 2.05) is 55.6 Å². The Hall–Kier alpha value is -3.15. The molecule has 6 nitrogen and oxygen atoms in total. The molecule has 0 atom stereocenters. The number of carbonyl (C=O) groups excluding carboxylic acids is 1. The Morgan fingerprint density at radius 3 is 2.29 bits per heavy atom. The molecule has 1 saturated carbocycles. The van der Waals surface area contributed by atoms with Gasteiger partial charge in [0.2, 0.25) is 5.91 Å². The van der Waals surface area contributed by atoms with Crippen molar-refractivity contribution in [2.24, 2.45) is 18.9 Å². The van der Waals surface area contributed by atoms with Crippen LogP contribution in [0.2, 0.25) is 0 Å². The molecule has 144 valence electrons. The topological polar surface area (TPSA) is 84.2 Å². The zero-order chi connectivity index (χ0) is 19.7. The third-order valence-corrected chi connectivity index (χ3v) is 5.64. The van der Waals surface area contributed by atoms with Crippen LogP contribution in [0, 0.1) is 11.8 Å². The second-order valence-electron chi connectivity index (χ2n) is 7.44. The Bertz CT molecular complexity index is 1020. The smallest absolute Gasteiger partial charge is 0.306 e. The Labute approximate surface area is 163 Å². The number of carbonyl (C=O) groups is 2. The lowest BCUT2D eigenvalue weighted by atomic mass is 9.81. The van der Waals surface area contributed by atoms with Crippen LogP contribution in [0.3, 0.4) is 0 Å². The van der Waals surface area contributed by atoms with Crippen molar-refractivity contribution < 1.29 is 14.7 Å². The lowest BCUT2D eigenvalue weighted by Gasteiger charge is -2.25. The van der Waals surface area contributed by atoms with Gasteiger partial charge in [-0.15, -0.1) is 0 Å². The first-order chi connectivity index (χ1) is 13.5. The molecule has 1 amide bonds. The van der Waals surface area contributed by atoms with Gasteiger partial charge in [-0.3, -0.25) is 9.59 Å². The zero-order valence-corrected chi connectivity index (χ0v) is 15.8. The Kier molecular flexibility index (Phi) is 4.86. The normalized spacial score (nSPS) is 19.5. The summed E-state index contributed by atoms with van der Waals surface area (Å²) in [5, 5.41) is 12.0. The third kappa shape index (κ3) is 3.50. The standard InChI is InChI=1S/C22H23N3O3/c1-25-19-5-3-2-4-18(19)24-20(25)14-10-12-17(13-11-14)23-21(26)15-6-8-16(9-7-15)22(27)28/h2-5,10-13,15-16H,6-9H2,1H3,(H,23,26)(H,27,28). The first kappa shape index (κ1) is 18.2. The van der Waals surface area contributed by atoms with Gasteiger partial charge in [0.1, 0.15) is 5.82 Å². The SMILES string of the molecule is Cn1c(-c2ccc(NC(=O)C3CCC(C(=O)O)CC3)cc2)nc2ccccc21. The quantitative estimate of drug-likeness (QED) is 0.718. The van der Waals surface area contributed by atoms with Crippen molar-refractivity contribution in [1.29, 1.82) is 0 Å². The number of aryl methyl sites for hydroxylation is 1. The molecule has 1 aliphatic rings. The summed E-state index contributed by atoms with van der Waals surface area (Å²) in [5.74, 6) is -0.325. The molecule has 1 heterocycles. The van der Waals surface area contributed by atoms with Crippen LogP contribution in [-0.4, -0.2) is 26.5 Å². The fourth-order valence-electron chi connectivity index (χ4n) is 3.95. The Balaban J connectivity index is 1.44. The molecule has 2 N–H and O–H groups in total. The van der Waals surface area contributed by atoms with Crippen LogP contribution in [0.5, 0.6) is 0 Å². The number of imidazole rings is 1. The van der Waals surface area contributed by atoms with Crippen LogP contribution in [-0.2, 0) is 16.6 Å². The minimum Gasteiger partial charge on any atom is -0.481 e. The van der Waals surface area contributed by atoms with Crippen LogP contribution in [0.25, 0.3) is 22.4 Å². The number of nitrogens with zero attached hydrogens (tertiary/aromatic N) is 2. The maximum absolute atomic E-state index is 12.5. The summed E-state index contributed by atoms with van der Waals surface area (Å²) < 4.78 is 2.06. The molecule has 28 heavy (non-hydrogen) atoms. The second kappa shape index (κ2) is 7.46.